The van der Waals surface area contributed by atoms with Crippen molar-refractivity contribution in [2.24, 2.45) is 5.92 Å². The van der Waals surface area contributed by atoms with Crippen LogP contribution in [0.15, 0.2) is 9.27 Å². The molecule has 100 valence electrons. The van der Waals surface area contributed by atoms with Crippen LogP contribution in [0.2, 0.25) is 0 Å². The highest BCUT2D eigenvalue weighted by Gasteiger charge is 2.23. The first-order valence-corrected chi connectivity index (χ1v) is 7.18. The minimum atomic E-state index is -0.106. The largest absolute Gasteiger partial charge is 0.378 e. The van der Waals surface area contributed by atoms with Gasteiger partial charge in [-0.3, -0.25) is 4.79 Å². The average molecular weight is 315 g/mol. The molecule has 2 atom stereocenters. The van der Waals surface area contributed by atoms with Gasteiger partial charge in [-0.1, -0.05) is 19.8 Å². The summed E-state index contributed by atoms with van der Waals surface area (Å²) in [7, 11) is 1.61. The normalized spacial score (nSPS) is 24.2. The van der Waals surface area contributed by atoms with E-state index in [9.17, 15) is 4.79 Å². The van der Waals surface area contributed by atoms with Gasteiger partial charge in [-0.2, -0.15) is 0 Å². The molecule has 18 heavy (non-hydrogen) atoms. The number of hydrogen-bond acceptors (Lipinski definition) is 3. The molecule has 1 aromatic rings. The maximum atomic E-state index is 11.9. The smallest absolute Gasteiger partial charge is 0.265 e. The van der Waals surface area contributed by atoms with Gasteiger partial charge >= 0.3 is 0 Å². The van der Waals surface area contributed by atoms with Gasteiger partial charge in [0.15, 0.2) is 0 Å². The highest BCUT2D eigenvalue weighted by Crippen LogP contribution is 2.34. The Labute approximate surface area is 115 Å². The Kier molecular flexibility index (Phi) is 4.56. The van der Waals surface area contributed by atoms with Crippen molar-refractivity contribution in [2.75, 3.05) is 7.11 Å². The zero-order valence-electron chi connectivity index (χ0n) is 10.8. The minimum Gasteiger partial charge on any atom is -0.378 e. The summed E-state index contributed by atoms with van der Waals surface area (Å²) >= 11 is 3.26. The van der Waals surface area contributed by atoms with Gasteiger partial charge in [0.25, 0.3) is 5.56 Å². The standard InChI is InChI=1S/C13H19BrN2O2/c1-8-4-3-5-9(6-8)12-15-10(7-18-2)11(14)13(17)16-12/h8-9H,3-7H2,1-2H3,(H,15,16,17). The van der Waals surface area contributed by atoms with Crippen LogP contribution < -0.4 is 5.56 Å². The van der Waals surface area contributed by atoms with E-state index in [0.717, 1.165) is 18.7 Å². The van der Waals surface area contributed by atoms with E-state index in [1.807, 2.05) is 0 Å². The number of nitrogens with zero attached hydrogens (tertiary/aromatic N) is 1. The SMILES string of the molecule is COCc1nc(C2CCCC(C)C2)[nH]c(=O)c1Br. The molecule has 0 bridgehead atoms. The Morgan fingerprint density at radius 3 is 2.94 bits per heavy atom. The molecule has 0 saturated heterocycles. The Morgan fingerprint density at radius 1 is 1.50 bits per heavy atom. The monoisotopic (exact) mass is 314 g/mol. The number of aromatic nitrogens is 2. The maximum Gasteiger partial charge on any atom is 0.265 e. The number of H-pyrrole nitrogens is 1. The van der Waals surface area contributed by atoms with Gasteiger partial charge in [-0.05, 0) is 34.7 Å². The van der Waals surface area contributed by atoms with Crippen LogP contribution in [0.3, 0.4) is 0 Å². The van der Waals surface area contributed by atoms with Gasteiger partial charge in [0.1, 0.15) is 10.3 Å². The van der Waals surface area contributed by atoms with Crippen LogP contribution in [-0.4, -0.2) is 17.1 Å². The molecule has 1 saturated carbocycles. The van der Waals surface area contributed by atoms with Crippen molar-refractivity contribution in [3.05, 3.63) is 26.3 Å². The summed E-state index contributed by atoms with van der Waals surface area (Å²) in [4.78, 5) is 19.3. The minimum absolute atomic E-state index is 0.106. The number of aromatic amines is 1. The van der Waals surface area contributed by atoms with E-state index >= 15 is 0 Å². The Hall–Kier alpha value is -0.680. The summed E-state index contributed by atoms with van der Waals surface area (Å²) in [5.41, 5.74) is 0.583. The molecule has 4 nitrogen and oxygen atoms in total. The second kappa shape index (κ2) is 5.97. The molecule has 1 N–H and O–H groups in total. The molecule has 2 rings (SSSR count). The lowest BCUT2D eigenvalue weighted by molar-refractivity contribution is 0.180. The number of rotatable bonds is 3. The number of hydrogen-bond donors (Lipinski definition) is 1. The van der Waals surface area contributed by atoms with Crippen LogP contribution in [-0.2, 0) is 11.3 Å². The van der Waals surface area contributed by atoms with E-state index in [0.29, 0.717) is 28.6 Å². The fourth-order valence-electron chi connectivity index (χ4n) is 2.63. The topological polar surface area (TPSA) is 55.0 Å². The number of methoxy groups -OCH3 is 1. The summed E-state index contributed by atoms with van der Waals surface area (Å²) in [6.07, 6.45) is 4.71. The second-order valence-electron chi connectivity index (χ2n) is 5.11. The Balaban J connectivity index is 2.30. The van der Waals surface area contributed by atoms with Crippen LogP contribution in [0, 0.1) is 5.92 Å². The van der Waals surface area contributed by atoms with Crippen LogP contribution in [0.5, 0.6) is 0 Å². The molecular formula is C13H19BrN2O2. The van der Waals surface area contributed by atoms with Crippen LogP contribution in [0.25, 0.3) is 0 Å². The zero-order chi connectivity index (χ0) is 13.1. The van der Waals surface area contributed by atoms with Crippen molar-refractivity contribution in [2.45, 2.75) is 45.1 Å². The van der Waals surface area contributed by atoms with Crippen molar-refractivity contribution in [3.8, 4) is 0 Å². The molecule has 5 heteroatoms. The molecule has 0 aliphatic heterocycles. The second-order valence-corrected chi connectivity index (χ2v) is 5.91. The van der Waals surface area contributed by atoms with Gasteiger partial charge in [-0.25, -0.2) is 4.98 Å². The van der Waals surface area contributed by atoms with Crippen molar-refractivity contribution in [3.63, 3.8) is 0 Å². The third kappa shape index (κ3) is 3.01. The summed E-state index contributed by atoms with van der Waals surface area (Å²) < 4.78 is 5.57. The van der Waals surface area contributed by atoms with Gasteiger partial charge in [0.2, 0.25) is 0 Å². The predicted molar refractivity (Wildman–Crippen MR) is 73.6 cm³/mol. The average Bonchev–Trinajstić information content (AvgIpc) is 2.35. The number of nitrogens with one attached hydrogen (secondary N) is 1. The van der Waals surface area contributed by atoms with Crippen LogP contribution in [0.1, 0.15) is 50.0 Å². The van der Waals surface area contributed by atoms with E-state index in [-0.39, 0.29) is 5.56 Å². The molecule has 1 aromatic heterocycles. The molecule has 1 aliphatic carbocycles. The predicted octanol–water partition coefficient (Wildman–Crippen LogP) is 2.97. The fraction of sp³-hybridized carbons (Fsp3) is 0.692. The van der Waals surface area contributed by atoms with E-state index in [2.05, 4.69) is 32.8 Å². The lowest BCUT2D eigenvalue weighted by Crippen LogP contribution is -2.21. The third-order valence-corrected chi connectivity index (χ3v) is 4.37. The lowest BCUT2D eigenvalue weighted by atomic mass is 9.82. The zero-order valence-corrected chi connectivity index (χ0v) is 12.4. The summed E-state index contributed by atoms with van der Waals surface area (Å²) in [5.74, 6) is 1.91. The fourth-order valence-corrected chi connectivity index (χ4v) is 2.94. The van der Waals surface area contributed by atoms with E-state index < -0.39 is 0 Å². The Morgan fingerprint density at radius 2 is 2.28 bits per heavy atom. The van der Waals surface area contributed by atoms with E-state index in [1.54, 1.807) is 7.11 Å². The van der Waals surface area contributed by atoms with Gasteiger partial charge in [0, 0.05) is 13.0 Å². The molecule has 0 amide bonds. The quantitative estimate of drug-likeness (QED) is 0.933. The molecular weight excluding hydrogens is 296 g/mol. The Bertz CT molecular complexity index is 473. The summed E-state index contributed by atoms with van der Waals surface area (Å²) in [6.45, 7) is 2.62. The number of ether oxygens (including phenoxy) is 1. The van der Waals surface area contributed by atoms with Crippen molar-refractivity contribution >= 4 is 15.9 Å². The summed E-state index contributed by atoms with van der Waals surface area (Å²) in [6, 6.07) is 0. The van der Waals surface area contributed by atoms with Gasteiger partial charge in [0.05, 0.1) is 12.3 Å². The molecule has 1 fully saturated rings. The molecule has 2 unspecified atom stereocenters. The molecule has 0 aromatic carbocycles. The maximum absolute atomic E-state index is 11.9. The van der Waals surface area contributed by atoms with Gasteiger partial charge < -0.3 is 9.72 Å². The van der Waals surface area contributed by atoms with Crippen LogP contribution in [0.4, 0.5) is 0 Å². The molecule has 0 radical (unpaired) electrons. The van der Waals surface area contributed by atoms with Crippen molar-refractivity contribution < 1.29 is 4.74 Å². The van der Waals surface area contributed by atoms with Crippen molar-refractivity contribution in [1.29, 1.82) is 0 Å². The van der Waals surface area contributed by atoms with Crippen molar-refractivity contribution in [1.82, 2.24) is 9.97 Å². The van der Waals surface area contributed by atoms with Gasteiger partial charge in [-0.15, -0.1) is 0 Å². The number of halogens is 1. The first-order chi connectivity index (χ1) is 8.61. The van der Waals surface area contributed by atoms with E-state index in [1.165, 1.54) is 12.8 Å². The molecule has 1 aliphatic rings. The molecule has 1 heterocycles. The molecule has 0 spiro atoms. The van der Waals surface area contributed by atoms with E-state index in [4.69, 9.17) is 4.74 Å². The lowest BCUT2D eigenvalue weighted by Gasteiger charge is -2.26. The first-order valence-electron chi connectivity index (χ1n) is 6.39. The summed E-state index contributed by atoms with van der Waals surface area (Å²) in [5, 5.41) is 0. The highest BCUT2D eigenvalue weighted by atomic mass is 79.9. The van der Waals surface area contributed by atoms with Crippen LogP contribution >= 0.6 is 15.9 Å². The third-order valence-electron chi connectivity index (χ3n) is 3.55. The first kappa shape index (κ1) is 13.7. The highest BCUT2D eigenvalue weighted by molar-refractivity contribution is 9.10.